The predicted octanol–water partition coefficient (Wildman–Crippen LogP) is 1.84. The molecule has 5 nitrogen and oxygen atoms in total. The molecule has 21 heavy (non-hydrogen) atoms. The molecule has 0 radical (unpaired) electrons. The second kappa shape index (κ2) is 6.56. The van der Waals surface area contributed by atoms with Gasteiger partial charge in [-0.2, -0.15) is 5.26 Å². The van der Waals surface area contributed by atoms with Gasteiger partial charge in [0.1, 0.15) is 11.1 Å². The molecular weight excluding hydrogens is 284 g/mol. The second-order valence-electron chi connectivity index (χ2n) is 5.81. The van der Waals surface area contributed by atoms with Gasteiger partial charge in [0.25, 0.3) is 0 Å². The topological polar surface area (TPSA) is 82.2 Å². The van der Waals surface area contributed by atoms with Gasteiger partial charge >= 0.3 is 0 Å². The summed E-state index contributed by atoms with van der Waals surface area (Å²) in [5, 5.41) is 12.7. The lowest BCUT2D eigenvalue weighted by atomic mass is 9.94. The van der Waals surface area contributed by atoms with Gasteiger partial charge in [-0.15, -0.1) is 11.3 Å². The van der Waals surface area contributed by atoms with Crippen molar-refractivity contribution in [3.05, 3.63) is 16.0 Å². The van der Waals surface area contributed by atoms with E-state index in [-0.39, 0.29) is 11.9 Å². The normalized spacial score (nSPS) is 22.8. The van der Waals surface area contributed by atoms with Crippen molar-refractivity contribution < 1.29 is 4.79 Å². The van der Waals surface area contributed by atoms with E-state index >= 15 is 0 Å². The third-order valence-corrected chi connectivity index (χ3v) is 5.34. The smallest absolute Gasteiger partial charge is 0.239 e. The minimum atomic E-state index is -0.0745. The van der Waals surface area contributed by atoms with Gasteiger partial charge < -0.3 is 11.1 Å². The van der Waals surface area contributed by atoms with Gasteiger partial charge in [-0.05, 0) is 38.3 Å². The molecule has 6 heteroatoms. The number of hydrogen-bond acceptors (Lipinski definition) is 5. The van der Waals surface area contributed by atoms with Crippen LogP contribution in [0.5, 0.6) is 0 Å². The van der Waals surface area contributed by atoms with Crippen LogP contribution in [-0.4, -0.2) is 36.5 Å². The summed E-state index contributed by atoms with van der Waals surface area (Å²) < 4.78 is 0. The molecule has 1 amide bonds. The van der Waals surface area contributed by atoms with E-state index in [2.05, 4.69) is 23.2 Å². The van der Waals surface area contributed by atoms with Crippen LogP contribution in [0.3, 0.4) is 0 Å². The number of aryl methyl sites for hydroxylation is 1. The number of piperidine rings is 1. The number of anilines is 1. The lowest BCUT2D eigenvalue weighted by Crippen LogP contribution is -2.49. The van der Waals surface area contributed by atoms with Crippen molar-refractivity contribution in [2.75, 3.05) is 25.0 Å². The van der Waals surface area contributed by atoms with Gasteiger partial charge in [-0.1, -0.05) is 6.92 Å². The summed E-state index contributed by atoms with van der Waals surface area (Å²) in [6, 6.07) is 2.30. The molecule has 1 fully saturated rings. The highest BCUT2D eigenvalue weighted by molar-refractivity contribution is 7.16. The molecule has 0 saturated carbocycles. The number of likely N-dealkylation sites (tertiary alicyclic amines) is 1. The molecule has 1 aromatic heterocycles. The number of nitriles is 1. The molecule has 2 atom stereocenters. The summed E-state index contributed by atoms with van der Waals surface area (Å²) in [5.41, 5.74) is 7.58. The van der Waals surface area contributed by atoms with Gasteiger partial charge in [0.05, 0.1) is 12.1 Å². The molecule has 1 aromatic rings. The summed E-state index contributed by atoms with van der Waals surface area (Å²) in [6.07, 6.45) is 1.02. The summed E-state index contributed by atoms with van der Waals surface area (Å²) in [5.74, 6) is 0.437. The molecular formula is C15H22N4OS. The first-order valence-corrected chi connectivity index (χ1v) is 8.02. The van der Waals surface area contributed by atoms with E-state index in [9.17, 15) is 10.1 Å². The van der Waals surface area contributed by atoms with Crippen LogP contribution in [0.15, 0.2) is 0 Å². The van der Waals surface area contributed by atoms with Crippen LogP contribution in [-0.2, 0) is 4.79 Å². The summed E-state index contributed by atoms with van der Waals surface area (Å²) in [7, 11) is 0. The van der Waals surface area contributed by atoms with Crippen molar-refractivity contribution in [3.63, 3.8) is 0 Å². The SMILES string of the molecule is Cc1sc(NC(=O)CN2CCC(C)C(N)C2)c(C#N)c1C. The summed E-state index contributed by atoms with van der Waals surface area (Å²) in [4.78, 5) is 15.3. The monoisotopic (exact) mass is 306 g/mol. The third kappa shape index (κ3) is 3.62. The summed E-state index contributed by atoms with van der Waals surface area (Å²) >= 11 is 1.46. The quantitative estimate of drug-likeness (QED) is 0.893. The van der Waals surface area contributed by atoms with E-state index in [1.54, 1.807) is 0 Å². The standard InChI is InChI=1S/C15H22N4OS/c1-9-4-5-19(7-13(9)17)8-14(20)18-15-12(6-16)10(2)11(3)21-15/h9,13H,4-5,7-8,17H2,1-3H3,(H,18,20). The number of rotatable bonds is 3. The number of nitrogens with two attached hydrogens (primary N) is 1. The number of carbonyl (C=O) groups is 1. The summed E-state index contributed by atoms with van der Waals surface area (Å²) in [6.45, 7) is 8.00. The molecule has 0 aromatic carbocycles. The van der Waals surface area contributed by atoms with Crippen molar-refractivity contribution in [3.8, 4) is 6.07 Å². The zero-order valence-corrected chi connectivity index (χ0v) is 13.6. The lowest BCUT2D eigenvalue weighted by molar-refractivity contribution is -0.117. The van der Waals surface area contributed by atoms with E-state index in [0.717, 1.165) is 30.0 Å². The molecule has 3 N–H and O–H groups in total. The Morgan fingerprint density at radius 1 is 1.57 bits per heavy atom. The van der Waals surface area contributed by atoms with Gasteiger partial charge in [0.2, 0.25) is 5.91 Å². The second-order valence-corrected chi connectivity index (χ2v) is 7.04. The highest BCUT2D eigenvalue weighted by atomic mass is 32.1. The molecule has 0 spiro atoms. The highest BCUT2D eigenvalue weighted by Crippen LogP contribution is 2.31. The Labute approximate surface area is 129 Å². The fourth-order valence-electron chi connectivity index (χ4n) is 2.53. The van der Waals surface area contributed by atoms with Gasteiger partial charge in [-0.25, -0.2) is 0 Å². The van der Waals surface area contributed by atoms with E-state index < -0.39 is 0 Å². The Balaban J connectivity index is 1.97. The number of carbonyl (C=O) groups excluding carboxylic acids is 1. The Bertz CT molecular complexity index is 575. The van der Waals surface area contributed by atoms with E-state index in [0.29, 0.717) is 23.0 Å². The molecule has 0 aliphatic carbocycles. The third-order valence-electron chi connectivity index (χ3n) is 4.22. The minimum absolute atomic E-state index is 0.0745. The first kappa shape index (κ1) is 16.0. The Hall–Kier alpha value is -1.42. The van der Waals surface area contributed by atoms with Crippen molar-refractivity contribution in [2.45, 2.75) is 33.2 Å². The maximum atomic E-state index is 12.2. The van der Waals surface area contributed by atoms with Gasteiger partial charge in [0.15, 0.2) is 0 Å². The minimum Gasteiger partial charge on any atom is -0.326 e. The van der Waals surface area contributed by atoms with Crippen LogP contribution < -0.4 is 11.1 Å². The van der Waals surface area contributed by atoms with E-state index in [4.69, 9.17) is 5.73 Å². The van der Waals surface area contributed by atoms with Crippen molar-refractivity contribution in [2.24, 2.45) is 11.7 Å². The largest absolute Gasteiger partial charge is 0.326 e. The Morgan fingerprint density at radius 2 is 2.29 bits per heavy atom. The predicted molar refractivity (Wildman–Crippen MR) is 85.3 cm³/mol. The maximum Gasteiger partial charge on any atom is 0.239 e. The molecule has 2 unspecified atom stereocenters. The first-order valence-electron chi connectivity index (χ1n) is 7.20. The van der Waals surface area contributed by atoms with Crippen LogP contribution in [0, 0.1) is 31.1 Å². The fourth-order valence-corrected chi connectivity index (χ4v) is 3.56. The van der Waals surface area contributed by atoms with Crippen LogP contribution in [0.25, 0.3) is 0 Å². The van der Waals surface area contributed by atoms with Gasteiger partial charge in [-0.3, -0.25) is 9.69 Å². The molecule has 114 valence electrons. The zero-order valence-electron chi connectivity index (χ0n) is 12.8. The number of hydrogen-bond donors (Lipinski definition) is 2. The van der Waals surface area contributed by atoms with Crippen molar-refractivity contribution in [1.29, 1.82) is 5.26 Å². The lowest BCUT2D eigenvalue weighted by Gasteiger charge is -2.34. The highest BCUT2D eigenvalue weighted by Gasteiger charge is 2.24. The zero-order chi connectivity index (χ0) is 15.6. The average Bonchev–Trinajstić information content (AvgIpc) is 2.68. The van der Waals surface area contributed by atoms with Crippen molar-refractivity contribution in [1.82, 2.24) is 4.90 Å². The molecule has 2 heterocycles. The van der Waals surface area contributed by atoms with Gasteiger partial charge in [0, 0.05) is 17.5 Å². The fraction of sp³-hybridized carbons (Fsp3) is 0.600. The molecule has 1 aliphatic rings. The van der Waals surface area contributed by atoms with Crippen LogP contribution in [0.1, 0.15) is 29.3 Å². The molecule has 1 saturated heterocycles. The Morgan fingerprint density at radius 3 is 2.90 bits per heavy atom. The molecule has 1 aliphatic heterocycles. The van der Waals surface area contributed by atoms with E-state index in [1.165, 1.54) is 11.3 Å². The first-order chi connectivity index (χ1) is 9.92. The Kier molecular flexibility index (Phi) is 4.99. The maximum absolute atomic E-state index is 12.2. The van der Waals surface area contributed by atoms with Crippen LogP contribution >= 0.6 is 11.3 Å². The van der Waals surface area contributed by atoms with E-state index in [1.807, 2.05) is 13.8 Å². The number of amides is 1. The average molecular weight is 306 g/mol. The molecule has 2 rings (SSSR count). The van der Waals surface area contributed by atoms with Crippen LogP contribution in [0.4, 0.5) is 5.00 Å². The van der Waals surface area contributed by atoms with Crippen molar-refractivity contribution >= 4 is 22.2 Å². The number of thiophene rings is 1. The number of nitrogens with zero attached hydrogens (tertiary/aromatic N) is 2. The van der Waals surface area contributed by atoms with Crippen LogP contribution in [0.2, 0.25) is 0 Å². The molecule has 0 bridgehead atoms. The number of nitrogens with one attached hydrogen (secondary N) is 1.